The van der Waals surface area contributed by atoms with Crippen molar-refractivity contribution in [3.05, 3.63) is 0 Å². The average Bonchev–Trinajstić information content (AvgIpc) is 2.17. The van der Waals surface area contributed by atoms with E-state index in [0.29, 0.717) is 6.04 Å². The standard InChI is InChI=1S/C11H23NS/c1-3-9-4-5-11(12)10(8-9)6-7-13-2/h9-11H,3-8,12H2,1-2H3. The lowest BCUT2D eigenvalue weighted by Crippen LogP contribution is -2.36. The van der Waals surface area contributed by atoms with Crippen molar-refractivity contribution < 1.29 is 0 Å². The Hall–Kier alpha value is 0.310. The molecule has 78 valence electrons. The summed E-state index contributed by atoms with van der Waals surface area (Å²) in [7, 11) is 0. The highest BCUT2D eigenvalue weighted by molar-refractivity contribution is 7.98. The molecule has 0 aliphatic heterocycles. The van der Waals surface area contributed by atoms with Crippen LogP contribution in [0.1, 0.15) is 39.0 Å². The highest BCUT2D eigenvalue weighted by Gasteiger charge is 2.26. The monoisotopic (exact) mass is 201 g/mol. The second-order valence-corrected chi connectivity index (χ2v) is 5.28. The molecule has 1 aliphatic rings. The van der Waals surface area contributed by atoms with Crippen molar-refractivity contribution in [1.29, 1.82) is 0 Å². The number of hydrogen-bond donors (Lipinski definition) is 1. The molecule has 1 fully saturated rings. The maximum atomic E-state index is 6.13. The molecule has 0 radical (unpaired) electrons. The molecule has 1 rings (SSSR count). The first-order chi connectivity index (χ1) is 6.27. The molecule has 1 aliphatic carbocycles. The van der Waals surface area contributed by atoms with Crippen molar-refractivity contribution in [1.82, 2.24) is 0 Å². The van der Waals surface area contributed by atoms with Crippen LogP contribution in [0.15, 0.2) is 0 Å². The maximum Gasteiger partial charge on any atom is 0.00676 e. The highest BCUT2D eigenvalue weighted by atomic mass is 32.2. The van der Waals surface area contributed by atoms with Gasteiger partial charge in [0.05, 0.1) is 0 Å². The molecule has 0 spiro atoms. The third-order valence-corrected chi connectivity index (χ3v) is 4.06. The van der Waals surface area contributed by atoms with Crippen molar-refractivity contribution >= 4 is 11.8 Å². The summed E-state index contributed by atoms with van der Waals surface area (Å²) in [5.74, 6) is 3.06. The molecule has 0 saturated heterocycles. The minimum Gasteiger partial charge on any atom is -0.327 e. The maximum absolute atomic E-state index is 6.13. The van der Waals surface area contributed by atoms with Crippen LogP contribution in [0.25, 0.3) is 0 Å². The minimum absolute atomic E-state index is 0.495. The smallest absolute Gasteiger partial charge is 0.00676 e. The van der Waals surface area contributed by atoms with E-state index in [0.717, 1.165) is 11.8 Å². The molecule has 0 bridgehead atoms. The van der Waals surface area contributed by atoms with E-state index >= 15 is 0 Å². The fraction of sp³-hybridized carbons (Fsp3) is 1.00. The zero-order valence-electron chi connectivity index (χ0n) is 8.96. The Morgan fingerprint density at radius 1 is 1.38 bits per heavy atom. The van der Waals surface area contributed by atoms with Crippen LogP contribution in [0, 0.1) is 11.8 Å². The van der Waals surface area contributed by atoms with Gasteiger partial charge < -0.3 is 5.73 Å². The molecule has 0 amide bonds. The highest BCUT2D eigenvalue weighted by Crippen LogP contribution is 2.32. The molecular formula is C11H23NS. The summed E-state index contributed by atoms with van der Waals surface area (Å²) in [4.78, 5) is 0. The van der Waals surface area contributed by atoms with E-state index in [1.807, 2.05) is 11.8 Å². The van der Waals surface area contributed by atoms with Crippen LogP contribution in [-0.4, -0.2) is 18.1 Å². The molecule has 3 unspecified atom stereocenters. The second-order valence-electron chi connectivity index (χ2n) is 4.29. The third-order valence-electron chi connectivity index (χ3n) is 3.42. The summed E-state index contributed by atoms with van der Waals surface area (Å²) in [6, 6.07) is 0.495. The fourth-order valence-electron chi connectivity index (χ4n) is 2.36. The molecule has 0 aromatic carbocycles. The Balaban J connectivity index is 2.31. The van der Waals surface area contributed by atoms with Crippen LogP contribution in [0.2, 0.25) is 0 Å². The van der Waals surface area contributed by atoms with Crippen LogP contribution in [0.3, 0.4) is 0 Å². The number of rotatable bonds is 4. The summed E-state index contributed by atoms with van der Waals surface area (Å²) in [5.41, 5.74) is 6.13. The average molecular weight is 201 g/mol. The van der Waals surface area contributed by atoms with Gasteiger partial charge in [-0.15, -0.1) is 0 Å². The van der Waals surface area contributed by atoms with E-state index < -0.39 is 0 Å². The zero-order chi connectivity index (χ0) is 9.68. The largest absolute Gasteiger partial charge is 0.327 e. The molecule has 13 heavy (non-hydrogen) atoms. The fourth-order valence-corrected chi connectivity index (χ4v) is 2.90. The first-order valence-electron chi connectivity index (χ1n) is 5.52. The van der Waals surface area contributed by atoms with Crippen LogP contribution < -0.4 is 5.73 Å². The molecule has 1 nitrogen and oxygen atoms in total. The Morgan fingerprint density at radius 3 is 2.77 bits per heavy atom. The Morgan fingerprint density at radius 2 is 2.15 bits per heavy atom. The topological polar surface area (TPSA) is 26.0 Å². The normalized spacial score (nSPS) is 34.8. The predicted octanol–water partition coefficient (Wildman–Crippen LogP) is 2.89. The number of nitrogens with two attached hydrogens (primary N) is 1. The van der Waals surface area contributed by atoms with Crippen molar-refractivity contribution in [3.8, 4) is 0 Å². The van der Waals surface area contributed by atoms with Gasteiger partial charge in [0.15, 0.2) is 0 Å². The van der Waals surface area contributed by atoms with Gasteiger partial charge in [0, 0.05) is 6.04 Å². The second kappa shape index (κ2) is 5.92. The van der Waals surface area contributed by atoms with E-state index in [-0.39, 0.29) is 0 Å². The Kier molecular flexibility index (Phi) is 5.18. The summed E-state index contributed by atoms with van der Waals surface area (Å²) < 4.78 is 0. The summed E-state index contributed by atoms with van der Waals surface area (Å²) in [6.07, 6.45) is 8.89. The van der Waals surface area contributed by atoms with Gasteiger partial charge in [-0.2, -0.15) is 11.8 Å². The quantitative estimate of drug-likeness (QED) is 0.757. The van der Waals surface area contributed by atoms with Crippen molar-refractivity contribution in [2.24, 2.45) is 17.6 Å². The van der Waals surface area contributed by atoms with E-state index in [1.165, 1.54) is 37.9 Å². The Labute approximate surface area is 86.8 Å². The summed E-state index contributed by atoms with van der Waals surface area (Å²) in [6.45, 7) is 2.31. The van der Waals surface area contributed by atoms with Gasteiger partial charge in [-0.05, 0) is 49.5 Å². The first kappa shape index (κ1) is 11.4. The van der Waals surface area contributed by atoms with Crippen LogP contribution in [0.4, 0.5) is 0 Å². The molecule has 0 aromatic heterocycles. The van der Waals surface area contributed by atoms with Crippen molar-refractivity contribution in [3.63, 3.8) is 0 Å². The lowest BCUT2D eigenvalue weighted by molar-refractivity contribution is 0.224. The van der Waals surface area contributed by atoms with Gasteiger partial charge in [-0.1, -0.05) is 13.3 Å². The molecular weight excluding hydrogens is 178 g/mol. The summed E-state index contributed by atoms with van der Waals surface area (Å²) in [5, 5.41) is 0. The van der Waals surface area contributed by atoms with Crippen molar-refractivity contribution in [2.75, 3.05) is 12.0 Å². The summed E-state index contributed by atoms with van der Waals surface area (Å²) >= 11 is 1.95. The van der Waals surface area contributed by atoms with Crippen LogP contribution in [-0.2, 0) is 0 Å². The van der Waals surface area contributed by atoms with E-state index in [1.54, 1.807) is 0 Å². The molecule has 2 heteroatoms. The lowest BCUT2D eigenvalue weighted by atomic mass is 9.76. The molecule has 3 atom stereocenters. The zero-order valence-corrected chi connectivity index (χ0v) is 9.78. The predicted molar refractivity (Wildman–Crippen MR) is 62.1 cm³/mol. The molecule has 0 heterocycles. The van der Waals surface area contributed by atoms with E-state index in [4.69, 9.17) is 5.73 Å². The SMILES string of the molecule is CCC1CCC(N)C(CCSC)C1. The first-order valence-corrected chi connectivity index (χ1v) is 6.91. The molecule has 1 saturated carbocycles. The molecule has 0 aromatic rings. The molecule has 2 N–H and O–H groups in total. The number of hydrogen-bond acceptors (Lipinski definition) is 2. The van der Waals surface area contributed by atoms with Gasteiger partial charge in [-0.3, -0.25) is 0 Å². The van der Waals surface area contributed by atoms with E-state index in [9.17, 15) is 0 Å². The Bertz CT molecular complexity index is 138. The van der Waals surface area contributed by atoms with Gasteiger partial charge in [-0.25, -0.2) is 0 Å². The van der Waals surface area contributed by atoms with Gasteiger partial charge >= 0.3 is 0 Å². The third kappa shape index (κ3) is 3.51. The van der Waals surface area contributed by atoms with Crippen molar-refractivity contribution in [2.45, 2.75) is 45.1 Å². The lowest BCUT2D eigenvalue weighted by Gasteiger charge is -2.33. The minimum atomic E-state index is 0.495. The van der Waals surface area contributed by atoms with Crippen LogP contribution >= 0.6 is 11.8 Å². The van der Waals surface area contributed by atoms with Gasteiger partial charge in [0.2, 0.25) is 0 Å². The van der Waals surface area contributed by atoms with Gasteiger partial charge in [0.25, 0.3) is 0 Å². The van der Waals surface area contributed by atoms with E-state index in [2.05, 4.69) is 13.2 Å². The van der Waals surface area contributed by atoms with Gasteiger partial charge in [0.1, 0.15) is 0 Å². The number of thioether (sulfide) groups is 1. The van der Waals surface area contributed by atoms with Crippen LogP contribution in [0.5, 0.6) is 0 Å².